The summed E-state index contributed by atoms with van der Waals surface area (Å²) < 4.78 is 5.16. The highest BCUT2D eigenvalue weighted by Gasteiger charge is 2.07. The highest BCUT2D eigenvalue weighted by atomic mass is 16.6. The van der Waals surface area contributed by atoms with E-state index in [4.69, 9.17) is 4.74 Å². The molecule has 8 heteroatoms. The predicted octanol–water partition coefficient (Wildman–Crippen LogP) is 1.52. The molecular formula is C14H12N4O4. The van der Waals surface area contributed by atoms with Gasteiger partial charge in [-0.1, -0.05) is 6.07 Å². The molecule has 0 saturated carbocycles. The van der Waals surface area contributed by atoms with Crippen LogP contribution < -0.4 is 10.2 Å². The highest BCUT2D eigenvalue weighted by molar-refractivity contribution is 5.82. The maximum absolute atomic E-state index is 11.5. The summed E-state index contributed by atoms with van der Waals surface area (Å²) >= 11 is 0. The van der Waals surface area contributed by atoms with Crippen LogP contribution in [0.3, 0.4) is 0 Å². The second-order valence-corrected chi connectivity index (χ2v) is 4.12. The summed E-state index contributed by atoms with van der Waals surface area (Å²) in [7, 11) is 0. The Balaban J connectivity index is 1.82. The van der Waals surface area contributed by atoms with Gasteiger partial charge in [-0.25, -0.2) is 5.43 Å². The lowest BCUT2D eigenvalue weighted by molar-refractivity contribution is -0.384. The van der Waals surface area contributed by atoms with Gasteiger partial charge in [0.2, 0.25) is 0 Å². The summed E-state index contributed by atoms with van der Waals surface area (Å²) in [5.74, 6) is -0.237. The maximum Gasteiger partial charge on any atom is 0.277 e. The fourth-order valence-electron chi connectivity index (χ4n) is 1.50. The molecule has 0 aliphatic rings. The molecule has 0 radical (unpaired) electrons. The van der Waals surface area contributed by atoms with Crippen LogP contribution >= 0.6 is 0 Å². The molecule has 22 heavy (non-hydrogen) atoms. The third-order valence-electron chi connectivity index (χ3n) is 2.51. The van der Waals surface area contributed by atoms with Crippen LogP contribution in [-0.2, 0) is 4.79 Å². The fraction of sp³-hybridized carbons (Fsp3) is 0.0714. The Hall–Kier alpha value is -3.29. The summed E-state index contributed by atoms with van der Waals surface area (Å²) in [5, 5.41) is 14.4. The number of nitrogens with one attached hydrogen (secondary N) is 1. The largest absolute Gasteiger partial charge is 0.483 e. The molecule has 1 aromatic heterocycles. The van der Waals surface area contributed by atoms with E-state index in [1.165, 1.54) is 30.5 Å². The van der Waals surface area contributed by atoms with Gasteiger partial charge in [-0.3, -0.25) is 19.9 Å². The smallest absolute Gasteiger partial charge is 0.277 e. The normalized spacial score (nSPS) is 10.4. The van der Waals surface area contributed by atoms with E-state index >= 15 is 0 Å². The van der Waals surface area contributed by atoms with Crippen LogP contribution in [0.1, 0.15) is 5.56 Å². The number of carbonyl (C=O) groups excluding carboxylic acids is 1. The Kier molecular flexibility index (Phi) is 5.14. The number of hydrogen-bond acceptors (Lipinski definition) is 6. The van der Waals surface area contributed by atoms with Gasteiger partial charge in [-0.15, -0.1) is 0 Å². The third kappa shape index (κ3) is 4.67. The zero-order valence-corrected chi connectivity index (χ0v) is 11.4. The van der Waals surface area contributed by atoms with E-state index in [1.54, 1.807) is 24.5 Å². The number of nitrogens with zero attached hydrogens (tertiary/aromatic N) is 3. The van der Waals surface area contributed by atoms with Gasteiger partial charge in [-0.05, 0) is 23.8 Å². The number of aromatic nitrogens is 1. The first-order valence-electron chi connectivity index (χ1n) is 6.24. The van der Waals surface area contributed by atoms with Crippen molar-refractivity contribution < 1.29 is 14.5 Å². The lowest BCUT2D eigenvalue weighted by atomic mass is 10.3. The molecule has 0 spiro atoms. The van der Waals surface area contributed by atoms with Gasteiger partial charge in [-0.2, -0.15) is 5.10 Å². The molecule has 0 saturated heterocycles. The quantitative estimate of drug-likeness (QED) is 0.494. The molecular weight excluding hydrogens is 288 g/mol. The van der Waals surface area contributed by atoms with Crippen LogP contribution in [0.15, 0.2) is 53.9 Å². The number of hydrogen-bond donors (Lipinski definition) is 1. The molecule has 0 unspecified atom stereocenters. The number of ether oxygens (including phenoxy) is 1. The Morgan fingerprint density at radius 1 is 1.36 bits per heavy atom. The third-order valence-corrected chi connectivity index (χ3v) is 2.51. The lowest BCUT2D eigenvalue weighted by Crippen LogP contribution is -2.24. The van der Waals surface area contributed by atoms with E-state index in [-0.39, 0.29) is 18.0 Å². The van der Waals surface area contributed by atoms with E-state index in [1.807, 2.05) is 0 Å². The van der Waals surface area contributed by atoms with Gasteiger partial charge >= 0.3 is 0 Å². The Labute approximate surface area is 125 Å². The Morgan fingerprint density at radius 3 is 2.86 bits per heavy atom. The van der Waals surface area contributed by atoms with Crippen molar-refractivity contribution in [3.05, 3.63) is 64.5 Å². The lowest BCUT2D eigenvalue weighted by Gasteiger charge is -2.04. The van der Waals surface area contributed by atoms with E-state index in [2.05, 4.69) is 15.5 Å². The molecule has 0 aliphatic heterocycles. The second kappa shape index (κ2) is 7.48. The first-order valence-corrected chi connectivity index (χ1v) is 6.24. The van der Waals surface area contributed by atoms with Gasteiger partial charge in [0.15, 0.2) is 6.61 Å². The average Bonchev–Trinajstić information content (AvgIpc) is 2.54. The van der Waals surface area contributed by atoms with Crippen molar-refractivity contribution in [1.29, 1.82) is 0 Å². The number of benzene rings is 1. The van der Waals surface area contributed by atoms with Crippen LogP contribution in [0.25, 0.3) is 0 Å². The van der Waals surface area contributed by atoms with E-state index in [0.717, 1.165) is 5.56 Å². The monoisotopic (exact) mass is 300 g/mol. The first kappa shape index (κ1) is 15.1. The summed E-state index contributed by atoms with van der Waals surface area (Å²) in [5.41, 5.74) is 2.97. The number of non-ortho nitro benzene ring substituents is 1. The topological polar surface area (TPSA) is 107 Å². The molecule has 0 aliphatic carbocycles. The summed E-state index contributed by atoms with van der Waals surface area (Å²) in [6.45, 7) is -0.297. The zero-order chi connectivity index (χ0) is 15.8. The number of amides is 1. The predicted molar refractivity (Wildman–Crippen MR) is 78.6 cm³/mol. The first-order chi connectivity index (χ1) is 10.6. The molecule has 1 N–H and O–H groups in total. The minimum absolute atomic E-state index is 0.103. The van der Waals surface area contributed by atoms with Crippen molar-refractivity contribution >= 4 is 17.8 Å². The molecule has 0 atom stereocenters. The van der Waals surface area contributed by atoms with Crippen LogP contribution in [0.2, 0.25) is 0 Å². The van der Waals surface area contributed by atoms with Crippen LogP contribution in [0, 0.1) is 10.1 Å². The number of rotatable bonds is 6. The number of pyridine rings is 1. The highest BCUT2D eigenvalue weighted by Crippen LogP contribution is 2.18. The standard InChI is InChI=1S/C14H12N4O4/c19-14(17-16-9-11-4-6-15-7-5-11)10-22-13-3-1-2-12(8-13)18(20)21/h1-9H,10H2,(H,17,19)/b16-9-. The summed E-state index contributed by atoms with van der Waals surface area (Å²) in [6, 6.07) is 9.05. The zero-order valence-electron chi connectivity index (χ0n) is 11.4. The van der Waals surface area contributed by atoms with Crippen molar-refractivity contribution in [1.82, 2.24) is 10.4 Å². The molecule has 112 valence electrons. The SMILES string of the molecule is O=C(COc1cccc([N+](=O)[O-])c1)N/N=C\c1ccncc1. The fourth-order valence-corrected chi connectivity index (χ4v) is 1.50. The Morgan fingerprint density at radius 2 is 2.14 bits per heavy atom. The van der Waals surface area contributed by atoms with E-state index < -0.39 is 10.8 Å². The molecule has 1 amide bonds. The van der Waals surface area contributed by atoms with Gasteiger partial charge in [0.25, 0.3) is 11.6 Å². The minimum Gasteiger partial charge on any atom is -0.483 e. The van der Waals surface area contributed by atoms with Crippen molar-refractivity contribution in [3.63, 3.8) is 0 Å². The summed E-state index contributed by atoms with van der Waals surface area (Å²) in [4.78, 5) is 25.5. The van der Waals surface area contributed by atoms with Gasteiger partial charge in [0.05, 0.1) is 17.2 Å². The Bertz CT molecular complexity index is 688. The molecule has 8 nitrogen and oxygen atoms in total. The van der Waals surface area contributed by atoms with Crippen LogP contribution in [0.4, 0.5) is 5.69 Å². The average molecular weight is 300 g/mol. The van der Waals surface area contributed by atoms with Crippen LogP contribution in [-0.4, -0.2) is 28.6 Å². The molecule has 1 heterocycles. The minimum atomic E-state index is -0.536. The molecule has 0 bridgehead atoms. The molecule has 2 aromatic rings. The molecule has 1 aromatic carbocycles. The van der Waals surface area contributed by atoms with Crippen molar-refractivity contribution in [2.24, 2.45) is 5.10 Å². The molecule has 2 rings (SSSR count). The van der Waals surface area contributed by atoms with Crippen molar-refractivity contribution in [3.8, 4) is 5.75 Å². The van der Waals surface area contributed by atoms with Crippen molar-refractivity contribution in [2.45, 2.75) is 0 Å². The van der Waals surface area contributed by atoms with Crippen molar-refractivity contribution in [2.75, 3.05) is 6.61 Å². The maximum atomic E-state index is 11.5. The van der Waals surface area contributed by atoms with Crippen LogP contribution in [0.5, 0.6) is 5.75 Å². The molecule has 0 fully saturated rings. The number of nitro groups is 1. The van der Waals surface area contributed by atoms with E-state index in [0.29, 0.717) is 0 Å². The second-order valence-electron chi connectivity index (χ2n) is 4.12. The van der Waals surface area contributed by atoms with Gasteiger partial charge in [0, 0.05) is 18.5 Å². The van der Waals surface area contributed by atoms with Gasteiger partial charge < -0.3 is 4.74 Å². The number of nitro benzene ring substituents is 1. The number of carbonyl (C=O) groups is 1. The summed E-state index contributed by atoms with van der Waals surface area (Å²) in [6.07, 6.45) is 4.68. The van der Waals surface area contributed by atoms with Gasteiger partial charge in [0.1, 0.15) is 5.75 Å². The number of hydrazone groups is 1. The van der Waals surface area contributed by atoms with E-state index in [9.17, 15) is 14.9 Å².